The Balaban J connectivity index is 1.72. The maximum Gasteiger partial charge on any atom is 0.273 e. The van der Waals surface area contributed by atoms with Crippen molar-refractivity contribution in [2.75, 3.05) is 0 Å². The van der Waals surface area contributed by atoms with Crippen LogP contribution in [0.1, 0.15) is 29.0 Å². The molecule has 0 aliphatic rings. The second-order valence-electron chi connectivity index (χ2n) is 4.84. The summed E-state index contributed by atoms with van der Waals surface area (Å²) in [4.78, 5) is 17.7. The normalized spacial score (nSPS) is 11.9. The molecule has 1 atom stereocenters. The first kappa shape index (κ1) is 13.9. The number of para-hydroxylation sites is 1. The molecule has 22 heavy (non-hydrogen) atoms. The van der Waals surface area contributed by atoms with Crippen molar-refractivity contribution in [3.8, 4) is 5.69 Å². The molecule has 0 aliphatic heterocycles. The molecular weight excluding hydrogens is 278 g/mol. The number of pyridine rings is 1. The number of amides is 1. The maximum atomic E-state index is 12.2. The average molecular weight is 293 g/mol. The molecule has 6 nitrogen and oxygen atoms in total. The van der Waals surface area contributed by atoms with Gasteiger partial charge in [-0.1, -0.05) is 24.3 Å². The van der Waals surface area contributed by atoms with Crippen molar-refractivity contribution in [1.82, 2.24) is 25.3 Å². The summed E-state index contributed by atoms with van der Waals surface area (Å²) in [6, 6.07) is 13.0. The van der Waals surface area contributed by atoms with Gasteiger partial charge in [-0.25, -0.2) is 0 Å². The monoisotopic (exact) mass is 293 g/mol. The van der Waals surface area contributed by atoms with Gasteiger partial charge in [0.25, 0.3) is 5.91 Å². The summed E-state index contributed by atoms with van der Waals surface area (Å²) in [5, 5.41) is 11.2. The lowest BCUT2D eigenvalue weighted by molar-refractivity contribution is 0.0934. The first-order valence-electron chi connectivity index (χ1n) is 6.92. The van der Waals surface area contributed by atoms with Gasteiger partial charge in [-0.2, -0.15) is 9.90 Å². The highest BCUT2D eigenvalue weighted by Crippen LogP contribution is 2.11. The molecule has 0 spiro atoms. The lowest BCUT2D eigenvalue weighted by atomic mass is 10.1. The summed E-state index contributed by atoms with van der Waals surface area (Å²) in [6.07, 6.45) is 4.88. The van der Waals surface area contributed by atoms with E-state index in [1.54, 1.807) is 12.4 Å². The van der Waals surface area contributed by atoms with Crippen LogP contribution in [0.3, 0.4) is 0 Å². The summed E-state index contributed by atoms with van der Waals surface area (Å²) in [6.45, 7) is 1.90. The number of rotatable bonds is 4. The third-order valence-corrected chi connectivity index (χ3v) is 3.24. The van der Waals surface area contributed by atoms with E-state index in [0.29, 0.717) is 0 Å². The summed E-state index contributed by atoms with van der Waals surface area (Å²) < 4.78 is 0. The number of hydrogen-bond donors (Lipinski definition) is 1. The van der Waals surface area contributed by atoms with E-state index < -0.39 is 0 Å². The Labute approximate surface area is 127 Å². The van der Waals surface area contributed by atoms with Gasteiger partial charge < -0.3 is 5.32 Å². The second kappa shape index (κ2) is 6.17. The molecule has 1 unspecified atom stereocenters. The second-order valence-corrected chi connectivity index (χ2v) is 4.84. The van der Waals surface area contributed by atoms with E-state index in [-0.39, 0.29) is 17.6 Å². The molecule has 0 saturated heterocycles. The summed E-state index contributed by atoms with van der Waals surface area (Å²) in [5.74, 6) is -0.265. The molecule has 1 aromatic carbocycles. The highest BCUT2D eigenvalue weighted by Gasteiger charge is 2.15. The fourth-order valence-electron chi connectivity index (χ4n) is 2.04. The molecule has 1 amide bonds. The van der Waals surface area contributed by atoms with Crippen molar-refractivity contribution in [3.63, 3.8) is 0 Å². The highest BCUT2D eigenvalue weighted by molar-refractivity contribution is 5.92. The van der Waals surface area contributed by atoms with Crippen LogP contribution in [-0.4, -0.2) is 25.9 Å². The molecule has 3 rings (SSSR count). The van der Waals surface area contributed by atoms with Crippen LogP contribution in [0, 0.1) is 0 Å². The van der Waals surface area contributed by atoms with Gasteiger partial charge in [0.2, 0.25) is 0 Å². The Hall–Kier alpha value is -3.02. The van der Waals surface area contributed by atoms with Gasteiger partial charge in [-0.15, -0.1) is 5.10 Å². The van der Waals surface area contributed by atoms with E-state index in [2.05, 4.69) is 20.5 Å². The summed E-state index contributed by atoms with van der Waals surface area (Å²) in [5.41, 5.74) is 2.02. The van der Waals surface area contributed by atoms with E-state index in [1.165, 1.54) is 11.0 Å². The van der Waals surface area contributed by atoms with Gasteiger partial charge in [0.15, 0.2) is 5.69 Å². The van der Waals surface area contributed by atoms with Gasteiger partial charge in [0.05, 0.1) is 17.9 Å². The van der Waals surface area contributed by atoms with Crippen molar-refractivity contribution >= 4 is 5.91 Å². The number of benzene rings is 1. The SMILES string of the molecule is CC(NC(=O)c1cnn(-c2ccccc2)n1)c1cccnc1. The molecule has 1 N–H and O–H groups in total. The lowest BCUT2D eigenvalue weighted by Crippen LogP contribution is -2.27. The van der Waals surface area contributed by atoms with Crippen molar-refractivity contribution in [2.45, 2.75) is 13.0 Å². The third-order valence-electron chi connectivity index (χ3n) is 3.24. The van der Waals surface area contributed by atoms with Crippen molar-refractivity contribution < 1.29 is 4.79 Å². The van der Waals surface area contributed by atoms with Crippen LogP contribution in [0.4, 0.5) is 0 Å². The molecule has 0 bridgehead atoms. The number of carbonyl (C=O) groups excluding carboxylic acids is 1. The van der Waals surface area contributed by atoms with Gasteiger partial charge in [0, 0.05) is 12.4 Å². The van der Waals surface area contributed by atoms with E-state index in [1.807, 2.05) is 49.4 Å². The lowest BCUT2D eigenvalue weighted by Gasteiger charge is -2.12. The van der Waals surface area contributed by atoms with Crippen LogP contribution in [0.5, 0.6) is 0 Å². The van der Waals surface area contributed by atoms with Crippen LogP contribution in [-0.2, 0) is 0 Å². The number of aromatic nitrogens is 4. The molecule has 0 radical (unpaired) electrons. The standard InChI is InChI=1S/C16H15N5O/c1-12(13-6-5-9-17-10-13)19-16(22)15-11-18-21(20-15)14-7-3-2-4-8-14/h2-12H,1H3,(H,19,22). The predicted octanol–water partition coefficient (Wildman–Crippen LogP) is 2.15. The zero-order valence-electron chi connectivity index (χ0n) is 12.0. The largest absolute Gasteiger partial charge is 0.344 e. The number of nitrogens with zero attached hydrogens (tertiary/aromatic N) is 4. The van der Waals surface area contributed by atoms with E-state index in [0.717, 1.165) is 11.3 Å². The summed E-state index contributed by atoms with van der Waals surface area (Å²) in [7, 11) is 0. The van der Waals surface area contributed by atoms with Crippen molar-refractivity contribution in [3.05, 3.63) is 72.3 Å². The van der Waals surface area contributed by atoms with Crippen LogP contribution >= 0.6 is 0 Å². The minimum Gasteiger partial charge on any atom is -0.344 e. The fourth-order valence-corrected chi connectivity index (χ4v) is 2.04. The van der Waals surface area contributed by atoms with Crippen LogP contribution in [0.25, 0.3) is 5.69 Å². The van der Waals surface area contributed by atoms with E-state index in [4.69, 9.17) is 0 Å². The molecule has 3 aromatic rings. The van der Waals surface area contributed by atoms with Crippen molar-refractivity contribution in [2.24, 2.45) is 0 Å². The smallest absolute Gasteiger partial charge is 0.273 e. The first-order chi connectivity index (χ1) is 10.7. The molecule has 0 saturated carbocycles. The van der Waals surface area contributed by atoms with Gasteiger partial charge in [0.1, 0.15) is 0 Å². The van der Waals surface area contributed by atoms with E-state index in [9.17, 15) is 4.79 Å². The molecule has 110 valence electrons. The Morgan fingerprint density at radius 2 is 1.95 bits per heavy atom. The Bertz CT molecular complexity index is 754. The average Bonchev–Trinajstić information content (AvgIpc) is 3.06. The quantitative estimate of drug-likeness (QED) is 0.800. The predicted molar refractivity (Wildman–Crippen MR) is 81.5 cm³/mol. The maximum absolute atomic E-state index is 12.2. The molecular formula is C16H15N5O. The number of nitrogens with one attached hydrogen (secondary N) is 1. The van der Waals surface area contributed by atoms with Crippen molar-refractivity contribution in [1.29, 1.82) is 0 Å². The molecule has 0 fully saturated rings. The Morgan fingerprint density at radius 1 is 1.14 bits per heavy atom. The number of hydrogen-bond acceptors (Lipinski definition) is 4. The Morgan fingerprint density at radius 3 is 2.68 bits per heavy atom. The topological polar surface area (TPSA) is 72.7 Å². The van der Waals surface area contributed by atoms with Crippen LogP contribution < -0.4 is 5.32 Å². The molecule has 2 aromatic heterocycles. The zero-order valence-corrected chi connectivity index (χ0v) is 12.0. The van der Waals surface area contributed by atoms with Gasteiger partial charge >= 0.3 is 0 Å². The van der Waals surface area contributed by atoms with Gasteiger partial charge in [-0.3, -0.25) is 9.78 Å². The van der Waals surface area contributed by atoms with Crippen LogP contribution in [0.2, 0.25) is 0 Å². The third kappa shape index (κ3) is 3.01. The fraction of sp³-hybridized carbons (Fsp3) is 0.125. The minimum atomic E-state index is -0.265. The van der Waals surface area contributed by atoms with Crippen LogP contribution in [0.15, 0.2) is 61.1 Å². The van der Waals surface area contributed by atoms with Gasteiger partial charge in [-0.05, 0) is 30.7 Å². The Kier molecular flexibility index (Phi) is 3.91. The molecule has 6 heteroatoms. The highest BCUT2D eigenvalue weighted by atomic mass is 16.2. The zero-order chi connectivity index (χ0) is 15.4. The molecule has 2 heterocycles. The van der Waals surface area contributed by atoms with E-state index >= 15 is 0 Å². The molecule has 0 aliphatic carbocycles. The number of carbonyl (C=O) groups is 1. The summed E-state index contributed by atoms with van der Waals surface area (Å²) >= 11 is 0. The minimum absolute atomic E-state index is 0.150. The first-order valence-corrected chi connectivity index (χ1v) is 6.92.